The molecular weight excluding hydrogens is 799 g/mol. The number of ether oxygens (including phenoxy) is 7. The quantitative estimate of drug-likeness (QED) is 0.0621. The predicted octanol–water partition coefficient (Wildman–Crippen LogP) is 10.5. The Hall–Kier alpha value is -7.27. The topological polar surface area (TPSA) is 128 Å². The van der Waals surface area contributed by atoms with Crippen molar-refractivity contribution in [3.05, 3.63) is 190 Å². The second kappa shape index (κ2) is 22.0. The maximum atomic E-state index is 14.2. The molecule has 0 aliphatic carbocycles. The average Bonchev–Trinajstić information content (AvgIpc) is 3.28. The van der Waals surface area contributed by atoms with Crippen molar-refractivity contribution in [2.24, 2.45) is 0 Å². The zero-order chi connectivity index (χ0) is 44.6. The fourth-order valence-corrected chi connectivity index (χ4v) is 6.20. The summed E-state index contributed by atoms with van der Waals surface area (Å²) in [5.74, 6) is -0.168. The Morgan fingerprint density at radius 3 is 1.41 bits per heavy atom. The lowest BCUT2D eigenvalue weighted by atomic mass is 10.0. The monoisotopic (exact) mass is 851 g/mol. The molecule has 6 aromatic rings. The van der Waals surface area contributed by atoms with Crippen molar-refractivity contribution in [2.45, 2.75) is 72.8 Å². The van der Waals surface area contributed by atoms with E-state index in [-0.39, 0.29) is 49.0 Å². The summed E-state index contributed by atoms with van der Waals surface area (Å²) in [5, 5.41) is 2.64. The van der Waals surface area contributed by atoms with Crippen molar-refractivity contribution >= 4 is 18.0 Å². The number of alkyl carbamates (subject to hydrolysis) is 1. The number of carbonyl (C=O) groups excluding carboxylic acids is 3. The second-order valence-electron chi connectivity index (χ2n) is 15.8. The van der Waals surface area contributed by atoms with Crippen molar-refractivity contribution in [1.29, 1.82) is 0 Å². The first kappa shape index (κ1) is 45.3. The van der Waals surface area contributed by atoms with Gasteiger partial charge in [-0.1, -0.05) is 121 Å². The average molecular weight is 852 g/mol. The number of rotatable bonds is 19. The van der Waals surface area contributed by atoms with Crippen LogP contribution in [-0.2, 0) is 40.6 Å². The van der Waals surface area contributed by atoms with Crippen molar-refractivity contribution in [1.82, 2.24) is 5.32 Å². The molecule has 1 amide bonds. The van der Waals surface area contributed by atoms with Gasteiger partial charge in [0.15, 0.2) is 17.6 Å². The fraction of sp³-hybridized carbons (Fsp3) is 0.250. The molecule has 0 aliphatic heterocycles. The molecule has 11 nitrogen and oxygen atoms in total. The molecule has 0 saturated heterocycles. The van der Waals surface area contributed by atoms with E-state index in [0.29, 0.717) is 18.1 Å². The number of hydrogen-bond donors (Lipinski definition) is 1. The number of hydrogen-bond acceptors (Lipinski definition) is 10. The molecular formula is C52H53NO10. The van der Waals surface area contributed by atoms with Crippen LogP contribution in [0, 0.1) is 13.8 Å². The minimum atomic E-state index is -1.15. The van der Waals surface area contributed by atoms with E-state index < -0.39 is 36.3 Å². The Kier molecular flexibility index (Phi) is 15.8. The first-order valence-electron chi connectivity index (χ1n) is 20.7. The van der Waals surface area contributed by atoms with Gasteiger partial charge in [0.2, 0.25) is 5.75 Å². The fourth-order valence-electron chi connectivity index (χ4n) is 6.20. The molecule has 326 valence electrons. The molecule has 0 aromatic heterocycles. The second-order valence-corrected chi connectivity index (χ2v) is 15.8. The van der Waals surface area contributed by atoms with Crippen molar-refractivity contribution in [3.8, 4) is 23.0 Å². The smallest absolute Gasteiger partial charge is 0.407 e. The molecule has 1 unspecified atom stereocenters. The van der Waals surface area contributed by atoms with Crippen molar-refractivity contribution in [3.63, 3.8) is 0 Å². The summed E-state index contributed by atoms with van der Waals surface area (Å²) in [6.45, 7) is 9.18. The van der Waals surface area contributed by atoms with E-state index in [9.17, 15) is 14.4 Å². The lowest BCUT2D eigenvalue weighted by Gasteiger charge is -2.23. The molecule has 1 N–H and O–H groups in total. The summed E-state index contributed by atoms with van der Waals surface area (Å²) in [4.78, 5) is 40.6. The third-order valence-electron chi connectivity index (χ3n) is 9.60. The van der Waals surface area contributed by atoms with E-state index in [0.717, 1.165) is 33.4 Å². The molecule has 0 bridgehead atoms. The largest absolute Gasteiger partial charge is 0.489 e. The Morgan fingerprint density at radius 1 is 0.540 bits per heavy atom. The first-order valence-corrected chi connectivity index (χ1v) is 20.7. The number of amides is 1. The number of aryl methyl sites for hydroxylation is 1. The highest BCUT2D eigenvalue weighted by molar-refractivity contribution is 5.92. The first-order chi connectivity index (χ1) is 30.4. The highest BCUT2D eigenvalue weighted by atomic mass is 16.6. The highest BCUT2D eigenvalue weighted by Crippen LogP contribution is 2.41. The predicted molar refractivity (Wildman–Crippen MR) is 239 cm³/mol. The standard InChI is InChI=1S/C52H53NO10/c1-36-26-42(27-45(37(36)2)57-31-38-18-10-6-11-19-38)49(54)61-35-44(30-53-51(56)63-52(3,4)5)62-50(55)43-28-46(58-32-39-20-12-7-13-21-39)48(60-34-41-24-16-9-17-25-41)47(29-43)59-33-40-22-14-8-15-23-40/h6-29,44H,30-35H2,1-5H3,(H,53,56). The maximum absolute atomic E-state index is 14.2. The lowest BCUT2D eigenvalue weighted by molar-refractivity contribution is -0.00203. The van der Waals surface area contributed by atoms with Gasteiger partial charge < -0.3 is 38.5 Å². The molecule has 0 fully saturated rings. The van der Waals surface area contributed by atoms with Gasteiger partial charge in [-0.2, -0.15) is 0 Å². The molecule has 0 aliphatic rings. The zero-order valence-corrected chi connectivity index (χ0v) is 36.3. The molecule has 0 spiro atoms. The van der Waals surface area contributed by atoms with Gasteiger partial charge in [-0.3, -0.25) is 0 Å². The summed E-state index contributed by atoms with van der Waals surface area (Å²) >= 11 is 0. The van der Waals surface area contributed by atoms with Crippen LogP contribution in [0.25, 0.3) is 0 Å². The van der Waals surface area contributed by atoms with Gasteiger partial charge in [0.1, 0.15) is 44.4 Å². The van der Waals surface area contributed by atoms with Gasteiger partial charge in [0, 0.05) is 0 Å². The van der Waals surface area contributed by atoms with Crippen LogP contribution in [0.15, 0.2) is 146 Å². The highest BCUT2D eigenvalue weighted by Gasteiger charge is 2.26. The van der Waals surface area contributed by atoms with Crippen LogP contribution >= 0.6 is 0 Å². The van der Waals surface area contributed by atoms with Crippen LogP contribution in [0.2, 0.25) is 0 Å². The van der Waals surface area contributed by atoms with E-state index >= 15 is 0 Å². The van der Waals surface area contributed by atoms with Crippen LogP contribution in [0.5, 0.6) is 23.0 Å². The number of esters is 2. The molecule has 0 saturated carbocycles. The van der Waals surface area contributed by atoms with E-state index in [4.69, 9.17) is 33.2 Å². The summed E-state index contributed by atoms with van der Waals surface area (Å²) < 4.78 is 42.4. The van der Waals surface area contributed by atoms with Crippen LogP contribution in [0.4, 0.5) is 4.79 Å². The van der Waals surface area contributed by atoms with Gasteiger partial charge in [-0.15, -0.1) is 0 Å². The molecule has 0 radical (unpaired) electrons. The van der Waals surface area contributed by atoms with Crippen LogP contribution in [0.3, 0.4) is 0 Å². The van der Waals surface area contributed by atoms with Crippen LogP contribution < -0.4 is 24.3 Å². The number of nitrogens with one attached hydrogen (secondary N) is 1. The van der Waals surface area contributed by atoms with Gasteiger partial charge in [-0.05, 0) is 92.3 Å². The van der Waals surface area contributed by atoms with E-state index in [1.807, 2.05) is 135 Å². The minimum Gasteiger partial charge on any atom is -0.489 e. The van der Waals surface area contributed by atoms with Gasteiger partial charge in [0.25, 0.3) is 0 Å². The van der Waals surface area contributed by atoms with E-state index in [1.165, 1.54) is 12.1 Å². The third kappa shape index (κ3) is 14.1. The maximum Gasteiger partial charge on any atom is 0.407 e. The molecule has 6 rings (SSSR count). The Balaban J connectivity index is 1.27. The van der Waals surface area contributed by atoms with Gasteiger partial charge in [-0.25, -0.2) is 14.4 Å². The molecule has 11 heteroatoms. The molecule has 6 aromatic carbocycles. The summed E-state index contributed by atoms with van der Waals surface area (Å²) in [7, 11) is 0. The zero-order valence-electron chi connectivity index (χ0n) is 36.3. The van der Waals surface area contributed by atoms with Gasteiger partial charge in [0.05, 0.1) is 17.7 Å². The van der Waals surface area contributed by atoms with Crippen LogP contribution in [0.1, 0.15) is 74.9 Å². The normalized spacial score (nSPS) is 11.4. The molecule has 1 atom stereocenters. The number of carbonyl (C=O) groups is 3. The molecule has 0 heterocycles. The van der Waals surface area contributed by atoms with E-state index in [2.05, 4.69) is 5.32 Å². The Bertz CT molecular complexity index is 2350. The summed E-state index contributed by atoms with van der Waals surface area (Å²) in [6, 6.07) is 44.9. The summed E-state index contributed by atoms with van der Waals surface area (Å²) in [6.07, 6.45) is -1.89. The Labute approximate surface area is 368 Å². The third-order valence-corrected chi connectivity index (χ3v) is 9.60. The Morgan fingerprint density at radius 2 is 0.952 bits per heavy atom. The minimum absolute atomic E-state index is 0.0659. The van der Waals surface area contributed by atoms with E-state index in [1.54, 1.807) is 32.9 Å². The molecule has 63 heavy (non-hydrogen) atoms. The SMILES string of the molecule is Cc1cc(C(=O)OCC(CNC(=O)OC(C)(C)C)OC(=O)c2cc(OCc3ccccc3)c(OCc3ccccc3)c(OCc3ccccc3)c2)cc(OCc2ccccc2)c1C. The number of benzene rings is 6. The van der Waals surface area contributed by atoms with Crippen molar-refractivity contribution < 1.29 is 47.5 Å². The van der Waals surface area contributed by atoms with Crippen LogP contribution in [-0.4, -0.2) is 42.9 Å². The van der Waals surface area contributed by atoms with Gasteiger partial charge >= 0.3 is 18.0 Å². The summed E-state index contributed by atoms with van der Waals surface area (Å²) in [5.41, 5.74) is 4.90. The lowest BCUT2D eigenvalue weighted by Crippen LogP contribution is -2.40. The van der Waals surface area contributed by atoms with Crippen molar-refractivity contribution in [2.75, 3.05) is 13.2 Å².